The van der Waals surface area contributed by atoms with Gasteiger partial charge in [-0.05, 0) is 46.3 Å². The Labute approximate surface area is 173 Å². The van der Waals surface area contributed by atoms with Gasteiger partial charge in [0, 0.05) is 0 Å². The Morgan fingerprint density at radius 3 is 0.852 bits per heavy atom. The van der Waals surface area contributed by atoms with E-state index in [-0.39, 0.29) is 20.2 Å². The van der Waals surface area contributed by atoms with E-state index in [1.807, 2.05) is 0 Å². The SMILES string of the molecule is CC(C)(C)[Si](C)(N1N=NN([Si](C)(C(C)(C)C)C(C)(C)C)[Si]1(C)C)C(C)(C)C. The lowest BCUT2D eigenvalue weighted by Crippen LogP contribution is -2.76. The summed E-state index contributed by atoms with van der Waals surface area (Å²) in [7, 11) is -6.01. The van der Waals surface area contributed by atoms with Crippen LogP contribution in [-0.2, 0) is 0 Å². The molecule has 0 N–H and O–H groups in total. The van der Waals surface area contributed by atoms with E-state index in [1.165, 1.54) is 0 Å². The molecule has 7 heteroatoms. The summed E-state index contributed by atoms with van der Waals surface area (Å²) in [6.07, 6.45) is 0. The van der Waals surface area contributed by atoms with Crippen molar-refractivity contribution in [2.24, 2.45) is 10.4 Å². The lowest BCUT2D eigenvalue weighted by Gasteiger charge is -2.60. The van der Waals surface area contributed by atoms with Gasteiger partial charge >= 0.3 is 0 Å². The molecule has 0 aromatic rings. The Kier molecular flexibility index (Phi) is 5.92. The lowest BCUT2D eigenvalue weighted by atomic mass is 10.2. The van der Waals surface area contributed by atoms with E-state index in [4.69, 9.17) is 10.4 Å². The first-order chi connectivity index (χ1) is 11.5. The third kappa shape index (κ3) is 3.50. The zero-order valence-electron chi connectivity index (χ0n) is 21.3. The third-order valence-corrected chi connectivity index (χ3v) is 29.7. The van der Waals surface area contributed by atoms with Crippen molar-refractivity contribution in [3.05, 3.63) is 0 Å². The van der Waals surface area contributed by atoms with Gasteiger partial charge in [0.25, 0.3) is 8.40 Å². The van der Waals surface area contributed by atoms with Crippen molar-refractivity contribution in [2.75, 3.05) is 0 Å². The fourth-order valence-corrected chi connectivity index (χ4v) is 27.0. The molecule has 1 rings (SSSR count). The molecule has 0 saturated heterocycles. The van der Waals surface area contributed by atoms with Crippen molar-refractivity contribution in [3.8, 4) is 0 Å². The Hall–Kier alpha value is -0.149. The summed E-state index contributed by atoms with van der Waals surface area (Å²) < 4.78 is 5.20. The number of hydrogen-bond donors (Lipinski definition) is 0. The second-order valence-corrected chi connectivity index (χ2v) is 29.3. The van der Waals surface area contributed by atoms with Gasteiger partial charge in [-0.3, -0.25) is 0 Å². The molecule has 160 valence electrons. The maximum Gasteiger partial charge on any atom is 0.278 e. The second kappa shape index (κ2) is 6.42. The molecule has 0 aliphatic carbocycles. The molecule has 0 amide bonds. The first-order valence-corrected chi connectivity index (χ1v) is 18.3. The summed E-state index contributed by atoms with van der Waals surface area (Å²) in [5.41, 5.74) is 0. The number of rotatable bonds is 2. The molecule has 0 saturated carbocycles. The minimum atomic E-state index is -2.05. The summed E-state index contributed by atoms with van der Waals surface area (Å²) in [6, 6.07) is 0. The normalized spacial score (nSPS) is 19.9. The van der Waals surface area contributed by atoms with Crippen LogP contribution in [0.5, 0.6) is 0 Å². The highest BCUT2D eigenvalue weighted by atomic mass is 28.4. The van der Waals surface area contributed by atoms with Gasteiger partial charge in [-0.1, -0.05) is 93.5 Å². The molecule has 4 nitrogen and oxygen atoms in total. The quantitative estimate of drug-likeness (QED) is 0.418. The van der Waals surface area contributed by atoms with Gasteiger partial charge in [-0.15, -0.1) is 0 Å². The first-order valence-electron chi connectivity index (χ1n) is 10.5. The fraction of sp³-hybridized carbons (Fsp3) is 1.00. The van der Waals surface area contributed by atoms with E-state index in [2.05, 4.69) is 118 Å². The van der Waals surface area contributed by atoms with E-state index >= 15 is 0 Å². The van der Waals surface area contributed by atoms with Crippen molar-refractivity contribution < 1.29 is 0 Å². The van der Waals surface area contributed by atoms with Crippen LogP contribution >= 0.6 is 0 Å². The lowest BCUT2D eigenvalue weighted by molar-refractivity contribution is 0.495. The van der Waals surface area contributed by atoms with Gasteiger partial charge < -0.3 is 8.68 Å². The molecular weight excluding hydrogens is 381 g/mol. The third-order valence-electron chi connectivity index (χ3n) is 7.94. The molecule has 0 aromatic heterocycles. The Morgan fingerprint density at radius 2 is 0.704 bits per heavy atom. The summed E-state index contributed by atoms with van der Waals surface area (Å²) in [5.74, 6) is 0. The molecule has 1 aliphatic rings. The van der Waals surface area contributed by atoms with Crippen LogP contribution in [0.3, 0.4) is 0 Å². The Balaban J connectivity index is 3.67. The van der Waals surface area contributed by atoms with Crippen LogP contribution in [0.15, 0.2) is 10.4 Å². The summed E-state index contributed by atoms with van der Waals surface area (Å²) >= 11 is 0. The van der Waals surface area contributed by atoms with Gasteiger partial charge in [0.15, 0.2) is 16.5 Å². The van der Waals surface area contributed by atoms with Gasteiger partial charge in [0.1, 0.15) is 0 Å². The number of hydrogen-bond acceptors (Lipinski definition) is 4. The molecule has 0 radical (unpaired) electrons. The average Bonchev–Trinajstić information content (AvgIpc) is 2.67. The molecule has 0 bridgehead atoms. The van der Waals surface area contributed by atoms with Crippen molar-refractivity contribution in [1.29, 1.82) is 0 Å². The largest absolute Gasteiger partial charge is 0.310 e. The van der Waals surface area contributed by atoms with Crippen LogP contribution in [0, 0.1) is 0 Å². The first kappa shape index (κ1) is 24.9. The highest BCUT2D eigenvalue weighted by Crippen LogP contribution is 2.59. The smallest absolute Gasteiger partial charge is 0.278 e. The molecule has 0 atom stereocenters. The predicted molar refractivity (Wildman–Crippen MR) is 128 cm³/mol. The average molecular weight is 429 g/mol. The minimum Gasteiger partial charge on any atom is -0.310 e. The molecule has 27 heavy (non-hydrogen) atoms. The molecule has 1 aliphatic heterocycles. The molecule has 0 fully saturated rings. The summed E-state index contributed by atoms with van der Waals surface area (Å²) in [5, 5.41) is 10.9. The predicted octanol–water partition coefficient (Wildman–Crippen LogP) is 7.94. The minimum absolute atomic E-state index is 0.214. The zero-order valence-corrected chi connectivity index (χ0v) is 24.3. The molecule has 0 unspecified atom stereocenters. The van der Waals surface area contributed by atoms with Gasteiger partial charge in [-0.25, -0.2) is 0 Å². The van der Waals surface area contributed by atoms with Crippen molar-refractivity contribution in [1.82, 2.24) is 8.68 Å². The fourth-order valence-electron chi connectivity index (χ4n) is 5.18. The van der Waals surface area contributed by atoms with E-state index in [0.29, 0.717) is 0 Å². The monoisotopic (exact) mass is 428 g/mol. The highest BCUT2D eigenvalue weighted by Gasteiger charge is 2.66. The number of nitrogens with zero attached hydrogens (tertiary/aromatic N) is 4. The zero-order chi connectivity index (χ0) is 22.1. The summed E-state index contributed by atoms with van der Waals surface area (Å²) in [6.45, 7) is 39.0. The topological polar surface area (TPSA) is 31.2 Å². The Bertz CT molecular complexity index is 508. The molecule has 0 aromatic carbocycles. The highest BCUT2D eigenvalue weighted by molar-refractivity contribution is 6.99. The van der Waals surface area contributed by atoms with Crippen LogP contribution in [0.1, 0.15) is 83.1 Å². The van der Waals surface area contributed by atoms with Crippen LogP contribution < -0.4 is 0 Å². The van der Waals surface area contributed by atoms with Crippen LogP contribution in [0.4, 0.5) is 0 Å². The maximum atomic E-state index is 5.01. The van der Waals surface area contributed by atoms with Crippen LogP contribution in [0.2, 0.25) is 46.3 Å². The van der Waals surface area contributed by atoms with Gasteiger partial charge in [-0.2, -0.15) is 0 Å². The van der Waals surface area contributed by atoms with Crippen molar-refractivity contribution >= 4 is 24.9 Å². The standard InChI is InChI=1S/C20H48N4Si3/c1-17(2,3)26(15,18(4,5)6)23-21-22-24(25(23,13)14)27(16,19(7,8)9)20(10,11)12/h1-16H3. The van der Waals surface area contributed by atoms with Gasteiger partial charge in [0.2, 0.25) is 0 Å². The second-order valence-electron chi connectivity index (χ2n) is 13.4. The maximum absolute atomic E-state index is 5.01. The molecule has 0 spiro atoms. The molecular formula is C20H48N4Si3. The van der Waals surface area contributed by atoms with E-state index in [9.17, 15) is 0 Å². The van der Waals surface area contributed by atoms with Crippen LogP contribution in [0.25, 0.3) is 0 Å². The molecule has 1 heterocycles. The van der Waals surface area contributed by atoms with Crippen LogP contribution in [-0.4, -0.2) is 33.5 Å². The van der Waals surface area contributed by atoms with Crippen molar-refractivity contribution in [2.45, 2.75) is 129 Å². The van der Waals surface area contributed by atoms with E-state index in [0.717, 1.165) is 0 Å². The van der Waals surface area contributed by atoms with E-state index < -0.39 is 24.9 Å². The summed E-state index contributed by atoms with van der Waals surface area (Å²) in [4.78, 5) is 0. The van der Waals surface area contributed by atoms with Gasteiger partial charge in [0.05, 0.1) is 0 Å². The van der Waals surface area contributed by atoms with E-state index in [1.54, 1.807) is 0 Å². The Morgan fingerprint density at radius 1 is 0.519 bits per heavy atom. The van der Waals surface area contributed by atoms with Crippen molar-refractivity contribution in [3.63, 3.8) is 0 Å².